The third kappa shape index (κ3) is 3.54. The molecule has 1 saturated heterocycles. The number of hydrogen-bond donors (Lipinski definition) is 0. The number of fused-ring (bicyclic) bond motifs is 1. The minimum atomic E-state index is -0.599. The zero-order chi connectivity index (χ0) is 21.5. The third-order valence-corrected chi connectivity index (χ3v) is 6.30. The lowest BCUT2D eigenvalue weighted by atomic mass is 10.1. The van der Waals surface area contributed by atoms with Crippen molar-refractivity contribution in [3.05, 3.63) is 63.1 Å². The number of benzene rings is 1. The smallest absolute Gasteiger partial charge is 0.347 e. The van der Waals surface area contributed by atoms with Crippen molar-refractivity contribution in [2.45, 2.75) is 13.0 Å². The van der Waals surface area contributed by atoms with Crippen LogP contribution in [0.4, 0.5) is 0 Å². The van der Waals surface area contributed by atoms with Gasteiger partial charge in [-0.25, -0.2) is 19.4 Å². The van der Waals surface area contributed by atoms with Crippen molar-refractivity contribution >= 4 is 34.3 Å². The Morgan fingerprint density at radius 3 is 2.90 bits per heavy atom. The fourth-order valence-electron chi connectivity index (χ4n) is 3.24. The molecule has 0 atom stereocenters. The lowest BCUT2D eigenvalue weighted by molar-refractivity contribution is 0.229. The summed E-state index contributed by atoms with van der Waals surface area (Å²) >= 11 is 8.14. The number of nitrogens with zero attached hydrogens (tertiary/aromatic N) is 5. The Labute approximate surface area is 185 Å². The molecule has 8 nitrogen and oxygen atoms in total. The fourth-order valence-corrected chi connectivity index (χ4v) is 4.01. The van der Waals surface area contributed by atoms with Crippen LogP contribution >= 0.6 is 23.4 Å². The number of pyridine rings is 1. The number of rotatable bonds is 4. The van der Waals surface area contributed by atoms with Crippen molar-refractivity contribution < 1.29 is 9.15 Å². The maximum absolute atomic E-state index is 12.7. The summed E-state index contributed by atoms with van der Waals surface area (Å²) in [6.45, 7) is 1.79. The average molecular weight is 452 g/mol. The van der Waals surface area contributed by atoms with E-state index in [0.717, 1.165) is 11.5 Å². The fraction of sp³-hybridized carbons (Fsp3) is 0.190. The van der Waals surface area contributed by atoms with Gasteiger partial charge >= 0.3 is 5.63 Å². The van der Waals surface area contributed by atoms with Crippen molar-refractivity contribution in [3.63, 3.8) is 0 Å². The van der Waals surface area contributed by atoms with Gasteiger partial charge in [-0.05, 0) is 36.8 Å². The molecule has 4 heterocycles. The highest BCUT2D eigenvalue weighted by atomic mass is 35.5. The first-order valence-electron chi connectivity index (χ1n) is 9.35. The summed E-state index contributed by atoms with van der Waals surface area (Å²) in [5.41, 5.74) is 1.28. The second-order valence-corrected chi connectivity index (χ2v) is 8.46. The molecule has 10 heteroatoms. The van der Waals surface area contributed by atoms with Gasteiger partial charge in [-0.2, -0.15) is 17.0 Å². The van der Waals surface area contributed by atoms with E-state index >= 15 is 0 Å². The van der Waals surface area contributed by atoms with Gasteiger partial charge in [0.15, 0.2) is 5.82 Å². The highest BCUT2D eigenvalue weighted by Crippen LogP contribution is 2.31. The van der Waals surface area contributed by atoms with E-state index in [9.17, 15) is 10.1 Å². The summed E-state index contributed by atoms with van der Waals surface area (Å²) < 4.78 is 12.9. The van der Waals surface area contributed by atoms with Crippen LogP contribution < -0.4 is 10.4 Å². The zero-order valence-corrected chi connectivity index (χ0v) is 17.8. The van der Waals surface area contributed by atoms with E-state index in [0.29, 0.717) is 39.1 Å². The van der Waals surface area contributed by atoms with E-state index in [2.05, 4.69) is 15.1 Å². The van der Waals surface area contributed by atoms with E-state index in [4.69, 9.17) is 20.8 Å². The van der Waals surface area contributed by atoms with Crippen molar-refractivity contribution in [2.75, 3.05) is 11.5 Å². The van der Waals surface area contributed by atoms with Crippen molar-refractivity contribution in [2.24, 2.45) is 0 Å². The van der Waals surface area contributed by atoms with Gasteiger partial charge in [-0.15, -0.1) is 5.10 Å². The number of hydrogen-bond acceptors (Lipinski definition) is 8. The Kier molecular flexibility index (Phi) is 4.88. The Balaban J connectivity index is 1.71. The van der Waals surface area contributed by atoms with Crippen LogP contribution in [-0.2, 0) is 0 Å². The number of nitriles is 1. The molecule has 1 fully saturated rings. The maximum atomic E-state index is 12.7. The summed E-state index contributed by atoms with van der Waals surface area (Å²) in [5.74, 6) is 2.55. The molecule has 0 unspecified atom stereocenters. The van der Waals surface area contributed by atoms with Gasteiger partial charge in [0.1, 0.15) is 11.8 Å². The molecule has 0 aliphatic carbocycles. The SMILES string of the molecule is Cc1cc(C#N)cc2c(=O)oc(-c3cc(OC4CSC4)nn3-c3ncccc3Cl)nc12. The topological polar surface area (TPSA) is 107 Å². The van der Waals surface area contributed by atoms with E-state index < -0.39 is 5.63 Å². The van der Waals surface area contributed by atoms with Gasteiger partial charge in [0.05, 0.1) is 27.6 Å². The third-order valence-electron chi connectivity index (χ3n) is 4.79. The first-order chi connectivity index (χ1) is 15.0. The van der Waals surface area contributed by atoms with Gasteiger partial charge in [0.2, 0.25) is 11.8 Å². The minimum Gasteiger partial charge on any atom is -0.472 e. The summed E-state index contributed by atoms with van der Waals surface area (Å²) in [6.07, 6.45) is 1.66. The molecule has 5 rings (SSSR count). The maximum Gasteiger partial charge on any atom is 0.347 e. The number of thioether (sulfide) groups is 1. The Morgan fingerprint density at radius 1 is 1.35 bits per heavy atom. The summed E-state index contributed by atoms with van der Waals surface area (Å²) in [5, 5.41) is 14.3. The Morgan fingerprint density at radius 2 is 2.19 bits per heavy atom. The largest absolute Gasteiger partial charge is 0.472 e. The summed E-state index contributed by atoms with van der Waals surface area (Å²) in [6, 6.07) is 10.2. The normalized spacial score (nSPS) is 13.7. The number of aromatic nitrogens is 4. The van der Waals surface area contributed by atoms with E-state index in [1.165, 1.54) is 10.7 Å². The van der Waals surface area contributed by atoms with Crippen LogP contribution in [0.15, 0.2) is 45.7 Å². The molecule has 0 N–H and O–H groups in total. The Bertz CT molecular complexity index is 1420. The molecule has 0 bridgehead atoms. The number of ether oxygens (including phenoxy) is 1. The van der Waals surface area contributed by atoms with Gasteiger partial charge < -0.3 is 9.15 Å². The quantitative estimate of drug-likeness (QED) is 0.461. The molecular weight excluding hydrogens is 438 g/mol. The van der Waals surface area contributed by atoms with Gasteiger partial charge in [0, 0.05) is 23.8 Å². The van der Waals surface area contributed by atoms with Crippen LogP contribution in [0.2, 0.25) is 5.02 Å². The van der Waals surface area contributed by atoms with Crippen LogP contribution in [0, 0.1) is 18.3 Å². The predicted octanol–water partition coefficient (Wildman–Crippen LogP) is 3.76. The highest BCUT2D eigenvalue weighted by Gasteiger charge is 2.25. The van der Waals surface area contributed by atoms with Gasteiger partial charge in [-0.1, -0.05) is 11.6 Å². The lowest BCUT2D eigenvalue weighted by Gasteiger charge is -2.24. The summed E-state index contributed by atoms with van der Waals surface area (Å²) in [7, 11) is 0. The Hall–Kier alpha value is -3.35. The average Bonchev–Trinajstić information content (AvgIpc) is 3.15. The molecule has 31 heavy (non-hydrogen) atoms. The molecule has 0 spiro atoms. The van der Waals surface area contributed by atoms with Crippen LogP contribution in [0.1, 0.15) is 11.1 Å². The molecule has 154 valence electrons. The van der Waals surface area contributed by atoms with Crippen molar-refractivity contribution in [3.8, 4) is 29.4 Å². The zero-order valence-electron chi connectivity index (χ0n) is 16.2. The molecule has 4 aromatic rings. The molecule has 1 aliphatic rings. The van der Waals surface area contributed by atoms with E-state index in [-0.39, 0.29) is 17.4 Å². The molecule has 0 amide bonds. The summed E-state index contributed by atoms with van der Waals surface area (Å²) in [4.78, 5) is 21.6. The van der Waals surface area contributed by atoms with Gasteiger partial charge in [0.25, 0.3) is 0 Å². The molecule has 1 aliphatic heterocycles. The minimum absolute atomic E-state index is 0.0531. The van der Waals surface area contributed by atoms with Crippen LogP contribution in [-0.4, -0.2) is 37.4 Å². The van der Waals surface area contributed by atoms with Gasteiger partial charge in [-0.3, -0.25) is 0 Å². The van der Waals surface area contributed by atoms with Crippen LogP contribution in [0.3, 0.4) is 0 Å². The number of halogens is 1. The molecule has 1 aromatic carbocycles. The number of aryl methyl sites for hydroxylation is 1. The van der Waals surface area contributed by atoms with E-state index in [1.54, 1.807) is 49.1 Å². The van der Waals surface area contributed by atoms with Crippen molar-refractivity contribution in [1.29, 1.82) is 5.26 Å². The van der Waals surface area contributed by atoms with E-state index in [1.807, 2.05) is 6.07 Å². The lowest BCUT2D eigenvalue weighted by Crippen LogP contribution is -2.31. The standard InChI is InChI=1S/C21H14ClN5O3S/c1-11-5-12(8-23)6-14-18(11)25-20(30-21(14)28)16-7-17(29-13-9-31-10-13)26-27(16)19-15(22)3-2-4-24-19/h2-7,13H,9-10H2,1H3. The molecule has 0 radical (unpaired) electrons. The van der Waals surface area contributed by atoms with Crippen molar-refractivity contribution in [1.82, 2.24) is 19.7 Å². The monoisotopic (exact) mass is 451 g/mol. The first kappa shape index (κ1) is 19.6. The highest BCUT2D eigenvalue weighted by molar-refractivity contribution is 8.00. The second-order valence-electron chi connectivity index (χ2n) is 6.97. The second kappa shape index (κ2) is 7.72. The predicted molar refractivity (Wildman–Crippen MR) is 117 cm³/mol. The molecule has 3 aromatic heterocycles. The molecule has 0 saturated carbocycles. The van der Waals surface area contributed by atoms with Crippen LogP contribution in [0.5, 0.6) is 5.88 Å². The van der Waals surface area contributed by atoms with Crippen LogP contribution in [0.25, 0.3) is 28.3 Å². The first-order valence-corrected chi connectivity index (χ1v) is 10.9. The molecular formula is C21H14ClN5O3S.